The van der Waals surface area contributed by atoms with Crippen LogP contribution in [-0.4, -0.2) is 10.5 Å². The fraction of sp³-hybridized carbons (Fsp3) is 0.125. The highest BCUT2D eigenvalue weighted by Gasteiger charge is 2.09. The summed E-state index contributed by atoms with van der Waals surface area (Å²) in [6.07, 6.45) is 0. The van der Waals surface area contributed by atoms with Crippen LogP contribution in [0.3, 0.4) is 0 Å². The van der Waals surface area contributed by atoms with Gasteiger partial charge in [0.15, 0.2) is 4.80 Å². The molecule has 0 aliphatic rings. The summed E-state index contributed by atoms with van der Waals surface area (Å²) in [6, 6.07) is 10.5. The van der Waals surface area contributed by atoms with Crippen LogP contribution in [0.2, 0.25) is 10.0 Å². The lowest BCUT2D eigenvalue weighted by atomic mass is 10.2. The van der Waals surface area contributed by atoms with Crippen LogP contribution >= 0.6 is 34.5 Å². The van der Waals surface area contributed by atoms with Gasteiger partial charge in [-0.1, -0.05) is 34.5 Å². The monoisotopic (exact) mass is 350 g/mol. The molecule has 0 fully saturated rings. The Labute approximate surface area is 141 Å². The zero-order valence-corrected chi connectivity index (χ0v) is 14.3. The molecule has 0 aliphatic heterocycles. The van der Waals surface area contributed by atoms with E-state index in [1.54, 1.807) is 24.3 Å². The van der Waals surface area contributed by atoms with E-state index in [1.807, 2.05) is 30.7 Å². The lowest BCUT2D eigenvalue weighted by molar-refractivity contribution is 0.0998. The van der Waals surface area contributed by atoms with Crippen molar-refractivity contribution in [3.05, 3.63) is 62.4 Å². The first-order chi connectivity index (χ1) is 10.5. The average molecular weight is 351 g/mol. The van der Waals surface area contributed by atoms with Crippen molar-refractivity contribution >= 4 is 50.7 Å². The van der Waals surface area contributed by atoms with Gasteiger partial charge in [0.2, 0.25) is 0 Å². The van der Waals surface area contributed by atoms with E-state index in [9.17, 15) is 4.79 Å². The third kappa shape index (κ3) is 2.82. The summed E-state index contributed by atoms with van der Waals surface area (Å²) in [6.45, 7) is 1.99. The quantitative estimate of drug-likeness (QED) is 0.631. The van der Waals surface area contributed by atoms with Crippen molar-refractivity contribution < 1.29 is 4.79 Å². The number of benzene rings is 2. The molecule has 1 amide bonds. The van der Waals surface area contributed by atoms with Crippen molar-refractivity contribution in [1.82, 2.24) is 4.57 Å². The third-order valence-electron chi connectivity index (χ3n) is 3.34. The zero-order valence-electron chi connectivity index (χ0n) is 11.9. The van der Waals surface area contributed by atoms with Crippen LogP contribution in [0.4, 0.5) is 0 Å². The van der Waals surface area contributed by atoms with Crippen molar-refractivity contribution in [2.75, 3.05) is 0 Å². The fourth-order valence-corrected chi connectivity index (χ4v) is 3.91. The highest BCUT2D eigenvalue weighted by atomic mass is 35.5. The molecular formula is C16H12Cl2N2OS. The van der Waals surface area contributed by atoms with Gasteiger partial charge in [-0.15, -0.1) is 0 Å². The first-order valence-corrected chi connectivity index (χ1v) is 8.13. The SMILES string of the molecule is Cc1cc(Cl)cc2sc(=NC(=O)c3ccc(Cl)cc3)n(C)c12. The predicted molar refractivity (Wildman–Crippen MR) is 91.9 cm³/mol. The Hall–Kier alpha value is -1.62. The van der Waals surface area contributed by atoms with Crippen molar-refractivity contribution in [2.24, 2.45) is 12.0 Å². The number of hydrogen-bond donors (Lipinski definition) is 0. The largest absolute Gasteiger partial charge is 0.319 e. The van der Waals surface area contributed by atoms with Gasteiger partial charge in [0, 0.05) is 22.7 Å². The maximum absolute atomic E-state index is 12.3. The summed E-state index contributed by atoms with van der Waals surface area (Å²) < 4.78 is 2.93. The van der Waals surface area contributed by atoms with Gasteiger partial charge in [-0.3, -0.25) is 4.79 Å². The summed E-state index contributed by atoms with van der Waals surface area (Å²) in [5, 5.41) is 1.27. The number of carbonyl (C=O) groups excluding carboxylic acids is 1. The van der Waals surface area contributed by atoms with Crippen molar-refractivity contribution in [3.8, 4) is 0 Å². The minimum atomic E-state index is -0.289. The molecule has 3 rings (SSSR count). The maximum Gasteiger partial charge on any atom is 0.279 e. The van der Waals surface area contributed by atoms with Gasteiger partial charge in [-0.25, -0.2) is 0 Å². The summed E-state index contributed by atoms with van der Waals surface area (Å²) in [5.41, 5.74) is 2.61. The maximum atomic E-state index is 12.3. The van der Waals surface area contributed by atoms with E-state index in [0.29, 0.717) is 20.4 Å². The molecule has 0 atom stereocenters. The molecule has 112 valence electrons. The van der Waals surface area contributed by atoms with Crippen LogP contribution in [0.1, 0.15) is 15.9 Å². The zero-order chi connectivity index (χ0) is 15.9. The Kier molecular flexibility index (Phi) is 4.08. The average Bonchev–Trinajstić information content (AvgIpc) is 2.75. The predicted octanol–water partition coefficient (Wildman–Crippen LogP) is 4.60. The number of halogens is 2. The Morgan fingerprint density at radius 1 is 1.14 bits per heavy atom. The lowest BCUT2D eigenvalue weighted by Crippen LogP contribution is -2.13. The van der Waals surface area contributed by atoms with E-state index in [4.69, 9.17) is 23.2 Å². The van der Waals surface area contributed by atoms with Crippen LogP contribution in [0, 0.1) is 6.92 Å². The number of aryl methyl sites for hydroxylation is 2. The number of amides is 1. The minimum absolute atomic E-state index is 0.289. The minimum Gasteiger partial charge on any atom is -0.319 e. The molecule has 0 unspecified atom stereocenters. The number of nitrogens with zero attached hydrogens (tertiary/aromatic N) is 2. The topological polar surface area (TPSA) is 34.4 Å². The van der Waals surface area contributed by atoms with Gasteiger partial charge in [0.1, 0.15) is 0 Å². The number of aromatic nitrogens is 1. The van der Waals surface area contributed by atoms with Crippen LogP contribution in [-0.2, 0) is 7.05 Å². The van der Waals surface area contributed by atoms with E-state index in [0.717, 1.165) is 15.8 Å². The number of carbonyl (C=O) groups is 1. The molecule has 0 spiro atoms. The standard InChI is InChI=1S/C16H12Cl2N2OS/c1-9-7-12(18)8-13-14(9)20(2)16(22-13)19-15(21)10-3-5-11(17)6-4-10/h3-8H,1-2H3. The highest BCUT2D eigenvalue weighted by molar-refractivity contribution is 7.16. The molecule has 2 aromatic carbocycles. The van der Waals surface area contributed by atoms with Crippen LogP contribution in [0.15, 0.2) is 41.4 Å². The molecular weight excluding hydrogens is 339 g/mol. The van der Waals surface area contributed by atoms with Gasteiger partial charge in [-0.2, -0.15) is 4.99 Å². The van der Waals surface area contributed by atoms with Crippen molar-refractivity contribution in [3.63, 3.8) is 0 Å². The second-order valence-electron chi connectivity index (χ2n) is 4.94. The van der Waals surface area contributed by atoms with E-state index in [1.165, 1.54) is 11.3 Å². The Balaban J connectivity index is 2.13. The Morgan fingerprint density at radius 2 is 1.82 bits per heavy atom. The Morgan fingerprint density at radius 3 is 2.50 bits per heavy atom. The van der Waals surface area contributed by atoms with E-state index < -0.39 is 0 Å². The first kappa shape index (κ1) is 15.3. The van der Waals surface area contributed by atoms with Crippen LogP contribution in [0.25, 0.3) is 10.2 Å². The van der Waals surface area contributed by atoms with E-state index in [-0.39, 0.29) is 5.91 Å². The van der Waals surface area contributed by atoms with Crippen LogP contribution < -0.4 is 4.80 Å². The molecule has 0 saturated heterocycles. The molecule has 0 N–H and O–H groups in total. The van der Waals surface area contributed by atoms with Crippen molar-refractivity contribution in [1.29, 1.82) is 0 Å². The first-order valence-electron chi connectivity index (χ1n) is 6.56. The molecule has 0 radical (unpaired) electrons. The summed E-state index contributed by atoms with van der Waals surface area (Å²) >= 11 is 13.4. The Bertz CT molecular complexity index is 939. The molecule has 22 heavy (non-hydrogen) atoms. The third-order valence-corrected chi connectivity index (χ3v) is 4.89. The van der Waals surface area contributed by atoms with Crippen molar-refractivity contribution in [2.45, 2.75) is 6.92 Å². The molecule has 1 aromatic heterocycles. The molecule has 0 saturated carbocycles. The molecule has 6 heteroatoms. The second kappa shape index (κ2) is 5.88. The van der Waals surface area contributed by atoms with Gasteiger partial charge in [0.25, 0.3) is 5.91 Å². The summed E-state index contributed by atoms with van der Waals surface area (Å²) in [7, 11) is 1.90. The number of thiazole rings is 1. The molecule has 0 aliphatic carbocycles. The van der Waals surface area contributed by atoms with Gasteiger partial charge in [0.05, 0.1) is 10.2 Å². The number of rotatable bonds is 1. The van der Waals surface area contributed by atoms with Gasteiger partial charge >= 0.3 is 0 Å². The molecule has 0 bridgehead atoms. The smallest absolute Gasteiger partial charge is 0.279 e. The number of hydrogen-bond acceptors (Lipinski definition) is 2. The number of fused-ring (bicyclic) bond motifs is 1. The molecule has 3 nitrogen and oxygen atoms in total. The molecule has 1 heterocycles. The summed E-state index contributed by atoms with van der Waals surface area (Å²) in [5.74, 6) is -0.289. The fourth-order valence-electron chi connectivity index (χ4n) is 2.32. The van der Waals surface area contributed by atoms with E-state index in [2.05, 4.69) is 4.99 Å². The highest BCUT2D eigenvalue weighted by Crippen LogP contribution is 2.25. The lowest BCUT2D eigenvalue weighted by Gasteiger charge is -2.00. The second-order valence-corrected chi connectivity index (χ2v) is 6.82. The normalized spacial score (nSPS) is 12.1. The molecule has 3 aromatic rings. The van der Waals surface area contributed by atoms with E-state index >= 15 is 0 Å². The van der Waals surface area contributed by atoms with Crippen LogP contribution in [0.5, 0.6) is 0 Å². The van der Waals surface area contributed by atoms with Gasteiger partial charge < -0.3 is 4.57 Å². The summed E-state index contributed by atoms with van der Waals surface area (Å²) in [4.78, 5) is 17.1. The van der Waals surface area contributed by atoms with Gasteiger partial charge in [-0.05, 0) is 48.9 Å².